The second kappa shape index (κ2) is 15.0. The van der Waals surface area contributed by atoms with Crippen LogP contribution in [0.4, 0.5) is 13.6 Å². The smallest absolute Gasteiger partial charge is 0.409 e. The van der Waals surface area contributed by atoms with E-state index in [2.05, 4.69) is 6.08 Å². The fourth-order valence-corrected chi connectivity index (χ4v) is 7.15. The summed E-state index contributed by atoms with van der Waals surface area (Å²) >= 11 is 0. The van der Waals surface area contributed by atoms with Gasteiger partial charge in [0, 0.05) is 36.8 Å². The number of carbonyl (C=O) groups is 2. The molecule has 4 atom stereocenters. The molecule has 1 saturated carbocycles. The van der Waals surface area contributed by atoms with Crippen molar-refractivity contribution in [2.75, 3.05) is 33.4 Å². The first-order valence-electron chi connectivity index (χ1n) is 16.0. The third-order valence-electron chi connectivity index (χ3n) is 9.85. The lowest BCUT2D eigenvalue weighted by Crippen LogP contribution is -2.54. The first-order chi connectivity index (χ1) is 21.4. The Bertz CT molecular complexity index is 1400. The molecule has 0 radical (unpaired) electrons. The summed E-state index contributed by atoms with van der Waals surface area (Å²) in [5.41, 5.74) is 0.908. The van der Waals surface area contributed by atoms with Gasteiger partial charge in [-0.1, -0.05) is 30.7 Å². The molecule has 2 N–H and O–H groups in total. The molecule has 3 aliphatic carbocycles. The van der Waals surface area contributed by atoms with Gasteiger partial charge in [-0.2, -0.15) is 0 Å². The van der Waals surface area contributed by atoms with Crippen LogP contribution in [0.5, 0.6) is 0 Å². The highest BCUT2D eigenvalue weighted by Crippen LogP contribution is 2.59. The third kappa shape index (κ3) is 7.81. The van der Waals surface area contributed by atoms with Crippen LogP contribution in [0.2, 0.25) is 0 Å². The van der Waals surface area contributed by atoms with E-state index in [0.29, 0.717) is 75.6 Å². The van der Waals surface area contributed by atoms with Crippen molar-refractivity contribution in [2.24, 2.45) is 5.41 Å². The van der Waals surface area contributed by atoms with E-state index in [1.165, 1.54) is 6.07 Å². The van der Waals surface area contributed by atoms with Crippen molar-refractivity contribution in [1.29, 1.82) is 0 Å². The second-order valence-electron chi connectivity index (χ2n) is 12.9. The van der Waals surface area contributed by atoms with E-state index < -0.39 is 40.6 Å². The maximum Gasteiger partial charge on any atom is 0.409 e. The summed E-state index contributed by atoms with van der Waals surface area (Å²) in [5.74, 6) is -2.88. The molecule has 2 aromatic rings. The number of halogens is 2. The summed E-state index contributed by atoms with van der Waals surface area (Å²) in [5, 5.41) is 23.3. The van der Waals surface area contributed by atoms with Crippen LogP contribution in [0.1, 0.15) is 98.7 Å². The van der Waals surface area contributed by atoms with Crippen LogP contribution in [0.15, 0.2) is 48.0 Å². The van der Waals surface area contributed by atoms with E-state index >= 15 is 0 Å². The van der Waals surface area contributed by atoms with Gasteiger partial charge in [0.05, 0.1) is 24.9 Å². The van der Waals surface area contributed by atoms with Crippen molar-refractivity contribution in [3.63, 3.8) is 0 Å². The summed E-state index contributed by atoms with van der Waals surface area (Å²) in [7, 11) is 1.60. The third-order valence-corrected chi connectivity index (χ3v) is 9.85. The van der Waals surface area contributed by atoms with Crippen LogP contribution in [0, 0.1) is 17.0 Å². The number of benzene rings is 2. The predicted octanol–water partition coefficient (Wildman–Crippen LogP) is 6.73. The quantitative estimate of drug-likeness (QED) is 0.182. The summed E-state index contributed by atoms with van der Waals surface area (Å²) in [6.07, 6.45) is 5.38. The van der Waals surface area contributed by atoms with E-state index in [9.17, 15) is 28.6 Å². The molecule has 5 rings (SSSR count). The van der Waals surface area contributed by atoms with E-state index in [4.69, 9.17) is 9.47 Å². The molecule has 3 aliphatic rings. The van der Waals surface area contributed by atoms with Crippen molar-refractivity contribution in [3.05, 3.63) is 81.9 Å². The molecule has 0 aliphatic heterocycles. The van der Waals surface area contributed by atoms with Crippen molar-refractivity contribution >= 4 is 11.9 Å². The number of nitrogens with zero attached hydrogens (tertiary/aromatic N) is 1. The van der Waals surface area contributed by atoms with Crippen LogP contribution in [0.25, 0.3) is 0 Å². The fraction of sp³-hybridized carbons (Fsp3) is 0.556. The van der Waals surface area contributed by atoms with Crippen molar-refractivity contribution in [1.82, 2.24) is 4.90 Å². The van der Waals surface area contributed by atoms with E-state index in [1.807, 2.05) is 26.0 Å². The van der Waals surface area contributed by atoms with E-state index in [-0.39, 0.29) is 24.6 Å². The SMILES string of the molecule is CCOC(=O)N(CCCOC)CC1(O)CCC2c3ccc(cc3C(=O)c3ccc(F)c(F)c3)CC(O)CCC(C)=CCCC21C. The topological polar surface area (TPSA) is 96.3 Å². The molecule has 2 aromatic carbocycles. The van der Waals surface area contributed by atoms with Gasteiger partial charge in [-0.25, -0.2) is 13.6 Å². The highest BCUT2D eigenvalue weighted by Gasteiger charge is 2.57. The summed E-state index contributed by atoms with van der Waals surface area (Å²) in [4.78, 5) is 28.6. The normalized spacial score (nSPS) is 25.3. The second-order valence-corrected chi connectivity index (χ2v) is 12.9. The fourth-order valence-electron chi connectivity index (χ4n) is 7.15. The number of rotatable bonds is 9. The maximum absolute atomic E-state index is 14.3. The molecule has 1 amide bonds. The van der Waals surface area contributed by atoms with E-state index in [0.717, 1.165) is 23.3 Å². The monoisotopic (exact) mass is 627 g/mol. The van der Waals surface area contributed by atoms with Gasteiger partial charge in [-0.15, -0.1) is 0 Å². The summed E-state index contributed by atoms with van der Waals surface area (Å²) in [6.45, 7) is 6.89. The Labute approximate surface area is 265 Å². The number of carbonyl (C=O) groups excluding carboxylic acids is 2. The van der Waals surface area contributed by atoms with Gasteiger partial charge in [-0.05, 0) is 107 Å². The average molecular weight is 628 g/mol. The zero-order valence-electron chi connectivity index (χ0n) is 26.9. The number of methoxy groups -OCH3 is 1. The van der Waals surface area contributed by atoms with Gasteiger partial charge < -0.3 is 24.6 Å². The Kier molecular flexibility index (Phi) is 11.6. The van der Waals surface area contributed by atoms with Gasteiger partial charge in [0.25, 0.3) is 0 Å². The van der Waals surface area contributed by atoms with Crippen LogP contribution < -0.4 is 0 Å². The lowest BCUT2D eigenvalue weighted by Gasteiger charge is -2.46. The Morgan fingerprint density at radius 1 is 1.09 bits per heavy atom. The van der Waals surface area contributed by atoms with Crippen LogP contribution in [0.3, 0.4) is 0 Å². The largest absolute Gasteiger partial charge is 0.450 e. The van der Waals surface area contributed by atoms with Gasteiger partial charge in [0.2, 0.25) is 0 Å². The number of ether oxygens (including phenoxy) is 2. The molecular formula is C36H47F2NO6. The van der Waals surface area contributed by atoms with Crippen LogP contribution in [-0.4, -0.2) is 72.1 Å². The molecular weight excluding hydrogens is 580 g/mol. The molecule has 0 saturated heterocycles. The van der Waals surface area contributed by atoms with Crippen molar-refractivity contribution < 1.29 is 38.1 Å². The number of hydrogen-bond donors (Lipinski definition) is 2. The lowest BCUT2D eigenvalue weighted by molar-refractivity contribution is -0.0814. The molecule has 1 fully saturated rings. The Morgan fingerprint density at radius 2 is 1.87 bits per heavy atom. The maximum atomic E-state index is 14.3. The lowest BCUT2D eigenvalue weighted by atomic mass is 9.64. The minimum Gasteiger partial charge on any atom is -0.450 e. The molecule has 246 valence electrons. The molecule has 0 aromatic heterocycles. The molecule has 7 nitrogen and oxygen atoms in total. The Balaban J connectivity index is 1.82. The standard InChI is InChI=1S/C36H47F2NO6/c1-5-45-34(42)39(18-7-19-44-4)23-36(43)17-15-30-28-13-10-25(20-27(40)12-9-24(2)8-6-16-35(30,36)3)21-29(28)33(41)26-11-14-31(37)32(38)22-26/h8,10-11,13-14,21-22,27,30,40,43H,5-7,9,12,15-20,23H2,1-4H3. The zero-order chi connectivity index (χ0) is 32.8. The molecule has 9 heteroatoms. The highest BCUT2D eigenvalue weighted by molar-refractivity contribution is 6.10. The Hall–Kier alpha value is -3.14. The predicted molar refractivity (Wildman–Crippen MR) is 168 cm³/mol. The minimum atomic E-state index is -1.31. The zero-order valence-corrected chi connectivity index (χ0v) is 26.9. The highest BCUT2D eigenvalue weighted by atomic mass is 19.2. The number of fused-ring (bicyclic) bond motifs is 8. The summed E-state index contributed by atoms with van der Waals surface area (Å²) < 4.78 is 38.6. The Morgan fingerprint density at radius 3 is 2.58 bits per heavy atom. The molecule has 0 heterocycles. The number of allylic oxidation sites excluding steroid dienone is 2. The number of aliphatic hydroxyl groups excluding tert-OH is 1. The first-order valence-corrected chi connectivity index (χ1v) is 16.0. The van der Waals surface area contributed by atoms with Gasteiger partial charge in [0.1, 0.15) is 0 Å². The number of amides is 1. The molecule has 45 heavy (non-hydrogen) atoms. The molecule has 0 spiro atoms. The van der Waals surface area contributed by atoms with E-state index in [1.54, 1.807) is 25.0 Å². The number of hydrogen-bond acceptors (Lipinski definition) is 6. The van der Waals surface area contributed by atoms with Crippen molar-refractivity contribution in [2.45, 2.75) is 89.8 Å². The van der Waals surface area contributed by atoms with Gasteiger partial charge >= 0.3 is 6.09 Å². The number of ketones is 1. The van der Waals surface area contributed by atoms with Gasteiger partial charge in [0.15, 0.2) is 17.4 Å². The average Bonchev–Trinajstić information content (AvgIpc) is 3.25. The van der Waals surface area contributed by atoms with Gasteiger partial charge in [-0.3, -0.25) is 4.79 Å². The molecule has 4 unspecified atom stereocenters. The minimum absolute atomic E-state index is 0.0223. The van der Waals surface area contributed by atoms with Crippen LogP contribution in [-0.2, 0) is 15.9 Å². The van der Waals surface area contributed by atoms with Crippen molar-refractivity contribution in [3.8, 4) is 0 Å². The molecule has 2 bridgehead atoms. The first kappa shape index (κ1) is 34.7. The summed E-state index contributed by atoms with van der Waals surface area (Å²) in [6, 6.07) is 8.68. The van der Waals surface area contributed by atoms with Crippen LogP contribution >= 0.6 is 0 Å². The number of aliphatic hydroxyl groups is 2.